The second-order valence-corrected chi connectivity index (χ2v) is 7.66. The van der Waals surface area contributed by atoms with Gasteiger partial charge in [0.25, 0.3) is 5.91 Å². The van der Waals surface area contributed by atoms with Crippen molar-refractivity contribution in [1.29, 1.82) is 0 Å². The van der Waals surface area contributed by atoms with Gasteiger partial charge in [-0.15, -0.1) is 0 Å². The maximum absolute atomic E-state index is 12.6. The molecule has 2 fully saturated rings. The fourth-order valence-corrected chi connectivity index (χ4v) is 4.60. The Morgan fingerprint density at radius 3 is 2.48 bits per heavy atom. The Balaban J connectivity index is 1.86. The third-order valence-electron chi connectivity index (χ3n) is 3.93. The first-order valence-electron chi connectivity index (χ1n) is 6.81. The van der Waals surface area contributed by atoms with Gasteiger partial charge >= 0.3 is 0 Å². The number of hydrogen-bond acceptors (Lipinski definition) is 4. The van der Waals surface area contributed by atoms with Crippen LogP contribution in [0.1, 0.15) is 18.0 Å². The average Bonchev–Trinajstić information content (AvgIpc) is 2.82. The summed E-state index contributed by atoms with van der Waals surface area (Å²) in [5.74, 6) is -0.456. The van der Waals surface area contributed by atoms with Crippen molar-refractivity contribution in [3.8, 4) is 0 Å². The SMILES string of the molecule is O=C1CN(C2CCS(=O)(=O)C2)C(=O)C(c2ccccc2)N1. The fraction of sp³-hybridized carbons (Fsp3) is 0.429. The lowest BCUT2D eigenvalue weighted by Gasteiger charge is -2.36. The van der Waals surface area contributed by atoms with E-state index in [0.717, 1.165) is 0 Å². The van der Waals surface area contributed by atoms with Gasteiger partial charge in [0.2, 0.25) is 5.91 Å². The van der Waals surface area contributed by atoms with E-state index in [1.165, 1.54) is 4.90 Å². The maximum Gasteiger partial charge on any atom is 0.250 e. The van der Waals surface area contributed by atoms with E-state index in [1.54, 1.807) is 24.3 Å². The van der Waals surface area contributed by atoms with Crippen LogP contribution < -0.4 is 5.32 Å². The number of rotatable bonds is 2. The molecule has 1 aromatic rings. The largest absolute Gasteiger partial charge is 0.339 e. The Morgan fingerprint density at radius 1 is 1.14 bits per heavy atom. The molecule has 0 aromatic heterocycles. The summed E-state index contributed by atoms with van der Waals surface area (Å²) in [5.41, 5.74) is 0.710. The van der Waals surface area contributed by atoms with Crippen molar-refractivity contribution < 1.29 is 18.0 Å². The number of nitrogens with zero attached hydrogens (tertiary/aromatic N) is 1. The Morgan fingerprint density at radius 2 is 1.86 bits per heavy atom. The first-order chi connectivity index (χ1) is 9.96. The molecule has 1 aromatic carbocycles. The smallest absolute Gasteiger partial charge is 0.250 e. The third-order valence-corrected chi connectivity index (χ3v) is 5.68. The lowest BCUT2D eigenvalue weighted by Crippen LogP contribution is -2.57. The zero-order valence-electron chi connectivity index (χ0n) is 11.4. The molecule has 7 heteroatoms. The van der Waals surface area contributed by atoms with Crippen molar-refractivity contribution in [2.45, 2.75) is 18.5 Å². The molecule has 2 aliphatic heterocycles. The van der Waals surface area contributed by atoms with E-state index in [4.69, 9.17) is 0 Å². The molecule has 0 bridgehead atoms. The van der Waals surface area contributed by atoms with Crippen LogP contribution in [0, 0.1) is 0 Å². The Hall–Kier alpha value is -1.89. The highest BCUT2D eigenvalue weighted by molar-refractivity contribution is 7.91. The number of piperazine rings is 1. The summed E-state index contributed by atoms with van der Waals surface area (Å²) < 4.78 is 23.2. The predicted molar refractivity (Wildman–Crippen MR) is 76.1 cm³/mol. The second-order valence-electron chi connectivity index (χ2n) is 5.43. The number of amides is 2. The van der Waals surface area contributed by atoms with Crippen LogP contribution in [0.15, 0.2) is 30.3 Å². The molecule has 0 radical (unpaired) electrons. The summed E-state index contributed by atoms with van der Waals surface area (Å²) in [6.07, 6.45) is 0.406. The first-order valence-corrected chi connectivity index (χ1v) is 8.64. The van der Waals surface area contributed by atoms with Gasteiger partial charge < -0.3 is 10.2 Å². The van der Waals surface area contributed by atoms with E-state index in [-0.39, 0.29) is 35.9 Å². The Kier molecular flexibility index (Phi) is 3.44. The molecule has 21 heavy (non-hydrogen) atoms. The van der Waals surface area contributed by atoms with E-state index in [9.17, 15) is 18.0 Å². The van der Waals surface area contributed by atoms with E-state index >= 15 is 0 Å². The second kappa shape index (κ2) is 5.14. The standard InChI is InChI=1S/C14H16N2O4S/c17-12-8-16(11-6-7-21(19,20)9-11)14(18)13(15-12)10-4-2-1-3-5-10/h1-5,11,13H,6-9H2,(H,15,17). The van der Waals surface area contributed by atoms with Crippen LogP contribution in [0.2, 0.25) is 0 Å². The molecule has 1 N–H and O–H groups in total. The minimum absolute atomic E-state index is 0.0481. The number of benzene rings is 1. The van der Waals surface area contributed by atoms with Gasteiger partial charge in [-0.25, -0.2) is 8.42 Å². The number of hydrogen-bond donors (Lipinski definition) is 1. The maximum atomic E-state index is 12.6. The third kappa shape index (κ3) is 2.78. The van der Waals surface area contributed by atoms with Crippen LogP contribution in [-0.4, -0.2) is 49.2 Å². The normalized spacial score (nSPS) is 28.5. The molecule has 112 valence electrons. The fourth-order valence-electron chi connectivity index (χ4n) is 2.87. The van der Waals surface area contributed by atoms with E-state index in [1.807, 2.05) is 6.07 Å². The van der Waals surface area contributed by atoms with E-state index in [0.29, 0.717) is 12.0 Å². The molecule has 0 spiro atoms. The van der Waals surface area contributed by atoms with Crippen LogP contribution in [0.4, 0.5) is 0 Å². The van der Waals surface area contributed by atoms with Crippen LogP contribution in [-0.2, 0) is 19.4 Å². The van der Waals surface area contributed by atoms with Gasteiger partial charge in [0.05, 0.1) is 18.1 Å². The van der Waals surface area contributed by atoms with Crippen molar-refractivity contribution in [1.82, 2.24) is 10.2 Å². The zero-order valence-corrected chi connectivity index (χ0v) is 12.2. The summed E-state index contributed by atoms with van der Waals surface area (Å²) in [6.45, 7) is -0.0671. The summed E-state index contributed by atoms with van der Waals surface area (Å²) >= 11 is 0. The average molecular weight is 308 g/mol. The molecule has 0 saturated carbocycles. The molecule has 2 heterocycles. The highest BCUT2D eigenvalue weighted by Gasteiger charge is 2.41. The summed E-state index contributed by atoms with van der Waals surface area (Å²) in [7, 11) is -3.09. The van der Waals surface area contributed by atoms with Crippen molar-refractivity contribution in [2.24, 2.45) is 0 Å². The number of nitrogens with one attached hydrogen (secondary N) is 1. The molecule has 2 aliphatic rings. The van der Waals surface area contributed by atoms with Gasteiger partial charge in [-0.2, -0.15) is 0 Å². The van der Waals surface area contributed by atoms with Gasteiger partial charge in [-0.3, -0.25) is 9.59 Å². The van der Waals surface area contributed by atoms with Crippen molar-refractivity contribution in [3.05, 3.63) is 35.9 Å². The zero-order chi connectivity index (χ0) is 15.0. The quantitative estimate of drug-likeness (QED) is 0.825. The van der Waals surface area contributed by atoms with Crippen molar-refractivity contribution in [2.75, 3.05) is 18.1 Å². The highest BCUT2D eigenvalue weighted by Crippen LogP contribution is 2.25. The van der Waals surface area contributed by atoms with Gasteiger partial charge in [-0.05, 0) is 12.0 Å². The number of sulfone groups is 1. The summed E-state index contributed by atoms with van der Waals surface area (Å²) in [4.78, 5) is 25.9. The molecular formula is C14H16N2O4S. The molecule has 0 aliphatic carbocycles. The molecule has 2 amide bonds. The first kappa shape index (κ1) is 14.1. The van der Waals surface area contributed by atoms with Crippen LogP contribution >= 0.6 is 0 Å². The highest BCUT2D eigenvalue weighted by atomic mass is 32.2. The van der Waals surface area contributed by atoms with Gasteiger partial charge in [0, 0.05) is 6.04 Å². The Bertz CT molecular complexity index is 671. The lowest BCUT2D eigenvalue weighted by molar-refractivity contribution is -0.146. The summed E-state index contributed by atoms with van der Waals surface area (Å²) in [5, 5.41) is 2.68. The molecule has 3 rings (SSSR count). The van der Waals surface area contributed by atoms with E-state index < -0.39 is 15.9 Å². The van der Waals surface area contributed by atoms with E-state index in [2.05, 4.69) is 5.32 Å². The molecule has 2 unspecified atom stereocenters. The minimum atomic E-state index is -3.09. The van der Waals surface area contributed by atoms with Crippen LogP contribution in [0.25, 0.3) is 0 Å². The minimum Gasteiger partial charge on any atom is -0.339 e. The molecule has 2 atom stereocenters. The van der Waals surface area contributed by atoms with Crippen LogP contribution in [0.3, 0.4) is 0 Å². The van der Waals surface area contributed by atoms with Gasteiger partial charge in [-0.1, -0.05) is 30.3 Å². The number of carbonyl (C=O) groups excluding carboxylic acids is 2. The topological polar surface area (TPSA) is 83.6 Å². The molecule has 6 nitrogen and oxygen atoms in total. The molecular weight excluding hydrogens is 292 g/mol. The Labute approximate surface area is 123 Å². The number of carbonyl (C=O) groups is 2. The van der Waals surface area contributed by atoms with Gasteiger partial charge in [0.1, 0.15) is 6.04 Å². The van der Waals surface area contributed by atoms with Crippen molar-refractivity contribution in [3.63, 3.8) is 0 Å². The predicted octanol–water partition coefficient (Wildman–Crippen LogP) is -0.127. The van der Waals surface area contributed by atoms with Crippen LogP contribution in [0.5, 0.6) is 0 Å². The lowest BCUT2D eigenvalue weighted by atomic mass is 10.0. The summed E-state index contributed by atoms with van der Waals surface area (Å²) in [6, 6.07) is 7.87. The van der Waals surface area contributed by atoms with Gasteiger partial charge in [0.15, 0.2) is 9.84 Å². The monoisotopic (exact) mass is 308 g/mol. The van der Waals surface area contributed by atoms with Crippen molar-refractivity contribution >= 4 is 21.7 Å². The molecule has 2 saturated heterocycles.